The lowest BCUT2D eigenvalue weighted by Gasteiger charge is -2.16. The van der Waals surface area contributed by atoms with Crippen molar-refractivity contribution in [3.8, 4) is 0 Å². The van der Waals surface area contributed by atoms with Crippen molar-refractivity contribution in [1.29, 1.82) is 0 Å². The molecule has 26 heavy (non-hydrogen) atoms. The van der Waals surface area contributed by atoms with Crippen LogP contribution in [-0.2, 0) is 11.3 Å². The normalized spacial score (nSPS) is 18.2. The second kappa shape index (κ2) is 7.86. The Labute approximate surface area is 151 Å². The van der Waals surface area contributed by atoms with Gasteiger partial charge in [-0.2, -0.15) is 0 Å². The van der Waals surface area contributed by atoms with Gasteiger partial charge in [-0.25, -0.2) is 4.79 Å². The third kappa shape index (κ3) is 3.88. The number of H-pyrrole nitrogens is 1. The number of aromatic amines is 1. The second-order valence-electron chi connectivity index (χ2n) is 6.83. The molecule has 7 heteroatoms. The van der Waals surface area contributed by atoms with Crippen LogP contribution in [0.5, 0.6) is 0 Å². The first-order valence-electron chi connectivity index (χ1n) is 9.19. The van der Waals surface area contributed by atoms with Crippen LogP contribution in [0.2, 0.25) is 0 Å². The van der Waals surface area contributed by atoms with Crippen molar-refractivity contribution in [1.82, 2.24) is 14.9 Å². The Hall–Kier alpha value is -2.41. The summed E-state index contributed by atoms with van der Waals surface area (Å²) < 4.78 is 6.74. The first-order chi connectivity index (χ1) is 12.5. The molecular weight excluding hydrogens is 334 g/mol. The van der Waals surface area contributed by atoms with E-state index in [0.29, 0.717) is 29.1 Å². The summed E-state index contributed by atoms with van der Waals surface area (Å²) in [6.07, 6.45) is 4.29. The molecule has 0 radical (unpaired) electrons. The van der Waals surface area contributed by atoms with Crippen LogP contribution < -0.4 is 16.6 Å². The summed E-state index contributed by atoms with van der Waals surface area (Å²) in [5.41, 5.74) is -0.00856. The van der Waals surface area contributed by atoms with Crippen molar-refractivity contribution in [2.75, 3.05) is 6.61 Å². The molecule has 1 fully saturated rings. The van der Waals surface area contributed by atoms with Gasteiger partial charge in [-0.1, -0.05) is 0 Å². The number of aromatic nitrogens is 2. The minimum Gasteiger partial charge on any atom is -0.378 e. The molecule has 2 atom stereocenters. The molecule has 0 saturated carbocycles. The summed E-state index contributed by atoms with van der Waals surface area (Å²) >= 11 is 0. The van der Waals surface area contributed by atoms with Gasteiger partial charge < -0.3 is 15.0 Å². The minimum absolute atomic E-state index is 0.0227. The molecule has 2 N–H and O–H groups in total. The zero-order chi connectivity index (χ0) is 18.7. The van der Waals surface area contributed by atoms with Crippen LogP contribution in [0.1, 0.15) is 49.9 Å². The zero-order valence-corrected chi connectivity index (χ0v) is 15.2. The van der Waals surface area contributed by atoms with Gasteiger partial charge >= 0.3 is 5.69 Å². The number of carbonyl (C=O) groups is 1. The van der Waals surface area contributed by atoms with E-state index in [1.807, 2.05) is 6.92 Å². The van der Waals surface area contributed by atoms with E-state index < -0.39 is 5.69 Å². The van der Waals surface area contributed by atoms with Crippen molar-refractivity contribution in [2.45, 2.75) is 58.2 Å². The number of rotatable bonds is 6. The molecule has 1 aromatic heterocycles. The summed E-state index contributed by atoms with van der Waals surface area (Å²) in [5, 5.41) is 3.36. The summed E-state index contributed by atoms with van der Waals surface area (Å²) in [7, 11) is 0. The highest BCUT2D eigenvalue weighted by Crippen LogP contribution is 2.18. The molecule has 7 nitrogen and oxygen atoms in total. The van der Waals surface area contributed by atoms with Gasteiger partial charge in [0.15, 0.2) is 0 Å². The largest absolute Gasteiger partial charge is 0.378 e. The molecule has 1 aromatic carbocycles. The smallest absolute Gasteiger partial charge is 0.328 e. The molecule has 3 rings (SSSR count). The quantitative estimate of drug-likeness (QED) is 0.822. The van der Waals surface area contributed by atoms with Gasteiger partial charge in [0.05, 0.1) is 17.0 Å². The summed E-state index contributed by atoms with van der Waals surface area (Å²) in [6.45, 7) is 4.84. The standard InChI is InChI=1S/C19H25N3O4/c1-3-22-18(24)15-9-7-13(11-16(15)21-19(22)25)17(23)20-12(2)6-8-14-5-4-10-26-14/h7,9,11-12,14H,3-6,8,10H2,1-2H3,(H,20,23)(H,21,25)/t12-,14+/m1/s1. The SMILES string of the molecule is CCn1c(=O)[nH]c2cc(C(=O)N[C@H](C)CC[C@@H]3CCCO3)ccc2c1=O. The fourth-order valence-electron chi connectivity index (χ4n) is 3.37. The second-order valence-corrected chi connectivity index (χ2v) is 6.83. The minimum atomic E-state index is -0.465. The average molecular weight is 359 g/mol. The topological polar surface area (TPSA) is 93.2 Å². The lowest BCUT2D eigenvalue weighted by Crippen LogP contribution is -2.35. The first-order valence-corrected chi connectivity index (χ1v) is 9.19. The van der Waals surface area contributed by atoms with Gasteiger partial charge in [-0.15, -0.1) is 0 Å². The molecule has 0 aliphatic carbocycles. The lowest BCUT2D eigenvalue weighted by atomic mass is 10.1. The van der Waals surface area contributed by atoms with E-state index in [0.717, 1.165) is 36.9 Å². The maximum atomic E-state index is 12.5. The summed E-state index contributed by atoms with van der Waals surface area (Å²) in [4.78, 5) is 39.4. The Morgan fingerprint density at radius 2 is 2.23 bits per heavy atom. The number of benzene rings is 1. The molecular formula is C19H25N3O4. The molecule has 1 aliphatic rings. The Morgan fingerprint density at radius 1 is 1.42 bits per heavy atom. The van der Waals surface area contributed by atoms with E-state index in [2.05, 4.69) is 10.3 Å². The molecule has 1 amide bonds. The number of ether oxygens (including phenoxy) is 1. The number of amides is 1. The number of carbonyl (C=O) groups excluding carboxylic acids is 1. The van der Waals surface area contributed by atoms with E-state index in [-0.39, 0.29) is 17.5 Å². The van der Waals surface area contributed by atoms with E-state index in [9.17, 15) is 14.4 Å². The molecule has 0 bridgehead atoms. The molecule has 1 saturated heterocycles. The maximum absolute atomic E-state index is 12.5. The van der Waals surface area contributed by atoms with Crippen molar-refractivity contribution in [3.63, 3.8) is 0 Å². The van der Waals surface area contributed by atoms with Crippen LogP contribution in [0.3, 0.4) is 0 Å². The highest BCUT2D eigenvalue weighted by atomic mass is 16.5. The summed E-state index contributed by atoms with van der Waals surface area (Å²) in [6, 6.07) is 4.78. The van der Waals surface area contributed by atoms with Crippen molar-refractivity contribution in [2.24, 2.45) is 0 Å². The molecule has 0 spiro atoms. The predicted molar refractivity (Wildman–Crippen MR) is 99.6 cm³/mol. The van der Waals surface area contributed by atoms with E-state index in [4.69, 9.17) is 4.74 Å². The molecule has 1 aliphatic heterocycles. The van der Waals surface area contributed by atoms with Crippen LogP contribution in [0, 0.1) is 0 Å². The van der Waals surface area contributed by atoms with Gasteiger partial charge in [-0.3, -0.25) is 14.2 Å². The monoisotopic (exact) mass is 359 g/mol. The zero-order valence-electron chi connectivity index (χ0n) is 15.2. The van der Waals surface area contributed by atoms with Gasteiger partial charge in [0.1, 0.15) is 0 Å². The van der Waals surface area contributed by atoms with E-state index in [1.54, 1.807) is 25.1 Å². The number of nitrogens with zero attached hydrogens (tertiary/aromatic N) is 1. The third-order valence-corrected chi connectivity index (χ3v) is 4.88. The van der Waals surface area contributed by atoms with Gasteiger partial charge in [0, 0.05) is 24.8 Å². The van der Waals surface area contributed by atoms with Crippen LogP contribution in [0.15, 0.2) is 27.8 Å². The molecule has 2 heterocycles. The number of hydrogen-bond donors (Lipinski definition) is 2. The highest BCUT2D eigenvalue weighted by Gasteiger charge is 2.18. The van der Waals surface area contributed by atoms with Gasteiger partial charge in [-0.05, 0) is 57.7 Å². The maximum Gasteiger partial charge on any atom is 0.328 e. The summed E-state index contributed by atoms with van der Waals surface area (Å²) in [5.74, 6) is -0.216. The average Bonchev–Trinajstić information content (AvgIpc) is 3.13. The first kappa shape index (κ1) is 18.4. The number of hydrogen-bond acceptors (Lipinski definition) is 4. The van der Waals surface area contributed by atoms with Gasteiger partial charge in [0.25, 0.3) is 11.5 Å². The fourth-order valence-corrected chi connectivity index (χ4v) is 3.37. The van der Waals surface area contributed by atoms with Crippen LogP contribution >= 0.6 is 0 Å². The third-order valence-electron chi connectivity index (χ3n) is 4.88. The predicted octanol–water partition coefficient (Wildman–Crippen LogP) is 1.79. The van der Waals surface area contributed by atoms with E-state index in [1.165, 1.54) is 0 Å². The van der Waals surface area contributed by atoms with Crippen LogP contribution in [0.25, 0.3) is 10.9 Å². The van der Waals surface area contributed by atoms with Crippen LogP contribution in [-0.4, -0.2) is 34.2 Å². The lowest BCUT2D eigenvalue weighted by molar-refractivity contribution is 0.0899. The Morgan fingerprint density at radius 3 is 2.92 bits per heavy atom. The Balaban J connectivity index is 1.72. The van der Waals surface area contributed by atoms with Crippen molar-refractivity contribution >= 4 is 16.8 Å². The van der Waals surface area contributed by atoms with Crippen LogP contribution in [0.4, 0.5) is 0 Å². The number of fused-ring (bicyclic) bond motifs is 1. The fraction of sp³-hybridized carbons (Fsp3) is 0.526. The van der Waals surface area contributed by atoms with Gasteiger partial charge in [0.2, 0.25) is 0 Å². The molecule has 2 aromatic rings. The Kier molecular flexibility index (Phi) is 5.56. The number of nitrogens with one attached hydrogen (secondary N) is 2. The highest BCUT2D eigenvalue weighted by molar-refractivity contribution is 5.97. The van der Waals surface area contributed by atoms with Crippen molar-refractivity contribution < 1.29 is 9.53 Å². The van der Waals surface area contributed by atoms with Crippen molar-refractivity contribution in [3.05, 3.63) is 44.6 Å². The Bertz CT molecular complexity index is 909. The molecule has 140 valence electrons. The molecule has 0 unspecified atom stereocenters. The van der Waals surface area contributed by atoms with E-state index >= 15 is 0 Å².